The zero-order valence-electron chi connectivity index (χ0n) is 46.3. The van der Waals surface area contributed by atoms with E-state index < -0.39 is 63.8 Å². The van der Waals surface area contributed by atoms with Gasteiger partial charge < -0.3 is 23.7 Å². The molecule has 10 rings (SSSR count). The number of rotatable bonds is 24. The molecule has 0 aliphatic heterocycles. The molecule has 10 nitrogen and oxygen atoms in total. The first-order chi connectivity index (χ1) is 42.4. The van der Waals surface area contributed by atoms with Crippen molar-refractivity contribution >= 4 is 40.0 Å². The van der Waals surface area contributed by atoms with Gasteiger partial charge in [-0.3, -0.25) is 10.9 Å². The smallest absolute Gasteiger partial charge is 0.418 e. The zero-order chi connectivity index (χ0) is 61.9. The molecule has 0 fully saturated rings. The standard InChI is InChI=1S/C67H50ClF10N5O5/c1-42-32-55(84-37-43-2-12-48(69)13-3-43)25-28-63(42)83(81(54-23-31-66(61(75)34-54)88-41-47-10-20-52(73)21-11-47)79-53-22-30-65(59(68)33-53)87-40-46-8-18-51(72)19-9-46)82(80-62-27-24-57(36-60(62)74)86-39-45-6-16-50(71)17-7-45)64-29-26-56(35-58(64)67(76,77)78)85-38-44-4-14-49(70)15-5-44/h2-36,79-80H,37-41H2,1H3. The summed E-state index contributed by atoms with van der Waals surface area (Å²) in [5.74, 6) is -4.60. The van der Waals surface area contributed by atoms with E-state index >= 15 is 22.0 Å². The van der Waals surface area contributed by atoms with Gasteiger partial charge in [0.15, 0.2) is 17.4 Å². The Morgan fingerprint density at radius 2 is 0.807 bits per heavy atom. The van der Waals surface area contributed by atoms with E-state index in [1.807, 2.05) is 0 Å². The second kappa shape index (κ2) is 27.4. The third-order valence-corrected chi connectivity index (χ3v) is 13.6. The van der Waals surface area contributed by atoms with Crippen molar-refractivity contribution in [3.63, 3.8) is 0 Å². The van der Waals surface area contributed by atoms with Crippen LogP contribution in [0, 0.1) is 47.6 Å². The minimum absolute atomic E-state index is 0.0102. The van der Waals surface area contributed by atoms with Crippen LogP contribution in [0.3, 0.4) is 0 Å². The molecule has 0 saturated carbocycles. The summed E-state index contributed by atoms with van der Waals surface area (Å²) < 4.78 is 181. The highest BCUT2D eigenvalue weighted by Gasteiger charge is 2.39. The Balaban J connectivity index is 1.13. The SMILES string of the molecule is Cc1cc(OCc2ccc(F)cc2)ccc1N(N(Nc1ccc(OCc2ccc(F)cc2)c(Cl)c1)c1ccc(OCc2ccc(F)cc2)c(F)c1)N(Nc1ccc(OCc2ccc(F)cc2)cc1F)c1ccc(OCc2ccc(F)cc2)cc1C(F)(F)F. The van der Waals surface area contributed by atoms with Crippen LogP contribution >= 0.6 is 11.6 Å². The molecule has 0 aromatic heterocycles. The van der Waals surface area contributed by atoms with Crippen LogP contribution in [-0.4, -0.2) is 0 Å². The quantitative estimate of drug-likeness (QED) is 0.0451. The highest BCUT2D eigenvalue weighted by atomic mass is 35.5. The van der Waals surface area contributed by atoms with Crippen molar-refractivity contribution in [3.05, 3.63) is 297 Å². The number of hydrazine groups is 4. The average molecular weight is 1230 g/mol. The summed E-state index contributed by atoms with van der Waals surface area (Å²) in [6.07, 6.45) is -5.22. The van der Waals surface area contributed by atoms with Gasteiger partial charge in [-0.15, -0.1) is 0 Å². The van der Waals surface area contributed by atoms with E-state index in [9.17, 15) is 22.0 Å². The molecule has 0 aliphatic rings. The van der Waals surface area contributed by atoms with Crippen molar-refractivity contribution < 1.29 is 67.6 Å². The van der Waals surface area contributed by atoms with Crippen molar-refractivity contribution in [1.82, 2.24) is 0 Å². The van der Waals surface area contributed by atoms with Gasteiger partial charge in [0.05, 0.1) is 39.0 Å². The van der Waals surface area contributed by atoms with Crippen LogP contribution in [0.1, 0.15) is 38.9 Å². The number of nitrogens with zero attached hydrogens (tertiary/aromatic N) is 3. The lowest BCUT2D eigenvalue weighted by molar-refractivity contribution is -0.137. The lowest BCUT2D eigenvalue weighted by atomic mass is 10.1. The molecule has 10 aromatic rings. The molecular formula is C67H50ClF10N5O5. The van der Waals surface area contributed by atoms with Gasteiger partial charge in [-0.1, -0.05) is 72.3 Å². The summed E-state index contributed by atoms with van der Waals surface area (Å²) in [6.45, 7) is 0.962. The highest BCUT2D eigenvalue weighted by Crippen LogP contribution is 2.43. The molecule has 10 aromatic carbocycles. The number of anilines is 5. The number of hydrogen-bond donors (Lipinski definition) is 2. The molecule has 0 heterocycles. The first-order valence-corrected chi connectivity index (χ1v) is 27.3. The summed E-state index contributed by atoms with van der Waals surface area (Å²) in [5, 5.41) is 3.14. The molecule has 0 amide bonds. The Kier molecular flexibility index (Phi) is 19.0. The third-order valence-electron chi connectivity index (χ3n) is 13.3. The molecule has 0 radical (unpaired) electrons. The Hall–Kier alpha value is -10.2. The van der Waals surface area contributed by atoms with Crippen LogP contribution in [0.4, 0.5) is 72.3 Å². The van der Waals surface area contributed by atoms with Crippen LogP contribution in [-0.2, 0) is 39.2 Å². The van der Waals surface area contributed by atoms with Gasteiger partial charge in [0.25, 0.3) is 0 Å². The van der Waals surface area contributed by atoms with Gasteiger partial charge in [0.2, 0.25) is 0 Å². The minimum atomic E-state index is -5.22. The molecule has 0 unspecified atom stereocenters. The van der Waals surface area contributed by atoms with Gasteiger partial charge in [0.1, 0.15) is 85.1 Å². The summed E-state index contributed by atoms with van der Waals surface area (Å²) in [5.41, 5.74) is 6.54. The van der Waals surface area contributed by atoms with Gasteiger partial charge in [0, 0.05) is 12.1 Å². The molecule has 0 saturated heterocycles. The maximum absolute atomic E-state index is 17.0. The summed E-state index contributed by atoms with van der Waals surface area (Å²) in [4.78, 5) is 0. The second-order valence-corrected chi connectivity index (χ2v) is 20.1. The molecule has 88 heavy (non-hydrogen) atoms. The van der Waals surface area contributed by atoms with Gasteiger partial charge >= 0.3 is 6.18 Å². The van der Waals surface area contributed by atoms with Crippen LogP contribution in [0.25, 0.3) is 0 Å². The topological polar surface area (TPSA) is 79.9 Å². The fourth-order valence-electron chi connectivity index (χ4n) is 8.76. The molecule has 0 atom stereocenters. The zero-order valence-corrected chi connectivity index (χ0v) is 47.0. The number of halogens is 11. The maximum atomic E-state index is 17.0. The molecular weight excluding hydrogens is 1180 g/mol. The minimum Gasteiger partial charge on any atom is -0.489 e. The van der Waals surface area contributed by atoms with Gasteiger partial charge in [-0.2, -0.15) is 28.5 Å². The number of aryl methyl sites for hydroxylation is 1. The first-order valence-electron chi connectivity index (χ1n) is 26.9. The summed E-state index contributed by atoms with van der Waals surface area (Å²) in [7, 11) is 0. The van der Waals surface area contributed by atoms with Crippen LogP contribution in [0.5, 0.6) is 28.7 Å². The Morgan fingerprint density at radius 3 is 1.25 bits per heavy atom. The highest BCUT2D eigenvalue weighted by molar-refractivity contribution is 6.32. The number of nitrogens with one attached hydrogen (secondary N) is 2. The second-order valence-electron chi connectivity index (χ2n) is 19.7. The molecule has 0 spiro atoms. The van der Waals surface area contributed by atoms with Crippen molar-refractivity contribution in [2.45, 2.75) is 46.1 Å². The Bertz CT molecular complexity index is 4000. The molecule has 21 heteroatoms. The number of hydrogen-bond acceptors (Lipinski definition) is 10. The molecule has 0 bridgehead atoms. The fourth-order valence-corrected chi connectivity index (χ4v) is 8.99. The predicted octanol–water partition coefficient (Wildman–Crippen LogP) is 18.2. The van der Waals surface area contributed by atoms with E-state index in [2.05, 4.69) is 10.9 Å². The maximum Gasteiger partial charge on any atom is 0.418 e. The molecule has 450 valence electrons. The fraction of sp³-hybridized carbons (Fsp3) is 0.104. The largest absolute Gasteiger partial charge is 0.489 e. The van der Waals surface area contributed by atoms with Gasteiger partial charge in [-0.25, -0.2) is 30.7 Å². The first kappa shape index (κ1) is 60.9. The molecule has 0 aliphatic carbocycles. The van der Waals surface area contributed by atoms with Crippen molar-refractivity contribution in [1.29, 1.82) is 0 Å². The lowest BCUT2D eigenvalue weighted by Crippen LogP contribution is -2.60. The van der Waals surface area contributed by atoms with E-state index in [0.717, 1.165) is 39.6 Å². The van der Waals surface area contributed by atoms with Crippen molar-refractivity contribution in [2.75, 3.05) is 26.2 Å². The van der Waals surface area contributed by atoms with Crippen molar-refractivity contribution in [2.24, 2.45) is 0 Å². The summed E-state index contributed by atoms with van der Waals surface area (Å²) >= 11 is 6.90. The lowest BCUT2D eigenvalue weighted by Gasteiger charge is -2.46. The molecule has 2 N–H and O–H groups in total. The third kappa shape index (κ3) is 15.8. The summed E-state index contributed by atoms with van der Waals surface area (Å²) in [6, 6.07) is 46.2. The van der Waals surface area contributed by atoms with Crippen LogP contribution < -0.4 is 49.9 Å². The number of benzene rings is 10. The number of alkyl halides is 3. The van der Waals surface area contributed by atoms with Gasteiger partial charge in [-0.05, 0) is 180 Å². The van der Waals surface area contributed by atoms with E-state index in [1.165, 1.54) is 182 Å². The Morgan fingerprint density at radius 1 is 0.386 bits per heavy atom. The monoisotopic (exact) mass is 1230 g/mol. The number of ether oxygens (including phenoxy) is 5. The van der Waals surface area contributed by atoms with Crippen molar-refractivity contribution in [3.8, 4) is 28.7 Å². The normalized spacial score (nSPS) is 11.2. The predicted molar refractivity (Wildman–Crippen MR) is 315 cm³/mol. The Labute approximate surface area is 503 Å². The van der Waals surface area contributed by atoms with E-state index in [1.54, 1.807) is 13.0 Å². The van der Waals surface area contributed by atoms with E-state index in [0.29, 0.717) is 27.8 Å². The average Bonchev–Trinajstić information content (AvgIpc) is 0.960. The van der Waals surface area contributed by atoms with Crippen LogP contribution in [0.2, 0.25) is 5.02 Å². The van der Waals surface area contributed by atoms with E-state index in [-0.39, 0.29) is 89.4 Å². The van der Waals surface area contributed by atoms with Crippen LogP contribution in [0.15, 0.2) is 212 Å². The van der Waals surface area contributed by atoms with E-state index in [4.69, 9.17) is 35.3 Å².